The Morgan fingerprint density at radius 2 is 1.95 bits per heavy atom. The molecule has 0 bridgehead atoms. The van der Waals surface area contributed by atoms with Gasteiger partial charge in [-0.1, -0.05) is 33.4 Å². The number of amides is 2. The summed E-state index contributed by atoms with van der Waals surface area (Å²) < 4.78 is 12.7. The molecule has 3 heterocycles. The number of ether oxygens (including phenoxy) is 2. The van der Waals surface area contributed by atoms with Crippen LogP contribution in [0.15, 0.2) is 24.3 Å². The lowest BCUT2D eigenvalue weighted by Gasteiger charge is -2.40. The second-order valence-corrected chi connectivity index (χ2v) is 10.3. The number of carbonyl (C=O) groups is 2. The highest BCUT2D eigenvalue weighted by atomic mass is 16.5. The molecular weight excluding hydrogens is 470 g/mol. The van der Waals surface area contributed by atoms with E-state index in [1.807, 2.05) is 34.1 Å². The maximum Gasteiger partial charge on any atom is 0.290 e. The van der Waals surface area contributed by atoms with E-state index in [1.165, 1.54) is 0 Å². The van der Waals surface area contributed by atoms with Crippen LogP contribution in [0.5, 0.6) is 0 Å². The van der Waals surface area contributed by atoms with Gasteiger partial charge in [0.25, 0.3) is 5.91 Å². The second kappa shape index (κ2) is 13.9. The van der Waals surface area contributed by atoms with Gasteiger partial charge >= 0.3 is 0 Å². The van der Waals surface area contributed by atoms with Gasteiger partial charge in [0.05, 0.1) is 30.2 Å². The summed E-state index contributed by atoms with van der Waals surface area (Å²) in [5, 5.41) is 3.44. The molecule has 2 saturated heterocycles. The Balaban J connectivity index is 0.00000380. The van der Waals surface area contributed by atoms with Crippen LogP contribution >= 0.6 is 0 Å². The third-order valence-electron chi connectivity index (χ3n) is 7.09. The monoisotopic (exact) mass is 515 g/mol. The number of methoxy groups -OCH3 is 1. The summed E-state index contributed by atoms with van der Waals surface area (Å²) >= 11 is 0. The van der Waals surface area contributed by atoms with Crippen LogP contribution in [0.4, 0.5) is 0 Å². The number of morpholine rings is 1. The van der Waals surface area contributed by atoms with Gasteiger partial charge in [0.2, 0.25) is 5.91 Å². The van der Waals surface area contributed by atoms with E-state index in [1.54, 1.807) is 7.11 Å². The number of piperidine rings is 1. The highest BCUT2D eigenvalue weighted by Gasteiger charge is 2.36. The SMILES string of the molecule is C.COCCCCn1c(C(=O)N(CC(C)C)[C@@H]2CNC[C@H](C(=O)N3CCOCC3)C2)nc2ccccc21. The fraction of sp³-hybridized carbons (Fsp3) is 0.679. The molecule has 37 heavy (non-hydrogen) atoms. The molecule has 0 saturated carbocycles. The molecular formula is C28H45N5O4. The number of para-hydroxylation sites is 2. The van der Waals surface area contributed by atoms with E-state index >= 15 is 0 Å². The first-order valence-corrected chi connectivity index (χ1v) is 13.3. The molecule has 0 spiro atoms. The predicted molar refractivity (Wildman–Crippen MR) is 146 cm³/mol. The molecule has 1 aromatic carbocycles. The Labute approximate surface area is 221 Å². The molecule has 2 aromatic rings. The van der Waals surface area contributed by atoms with Gasteiger partial charge in [-0.25, -0.2) is 4.98 Å². The molecule has 1 N–H and O–H groups in total. The third kappa shape index (κ3) is 7.09. The van der Waals surface area contributed by atoms with Gasteiger partial charge in [-0.3, -0.25) is 9.59 Å². The Morgan fingerprint density at radius 3 is 2.68 bits per heavy atom. The van der Waals surface area contributed by atoms with E-state index in [9.17, 15) is 9.59 Å². The van der Waals surface area contributed by atoms with Gasteiger partial charge in [0, 0.05) is 59.0 Å². The zero-order chi connectivity index (χ0) is 25.5. The Bertz CT molecular complexity index is 1020. The second-order valence-electron chi connectivity index (χ2n) is 10.3. The normalized spacial score (nSPS) is 20.2. The summed E-state index contributed by atoms with van der Waals surface area (Å²) in [4.78, 5) is 36.0. The molecule has 2 atom stereocenters. The highest BCUT2D eigenvalue weighted by Crippen LogP contribution is 2.24. The maximum atomic E-state index is 14.1. The van der Waals surface area contributed by atoms with E-state index in [0.29, 0.717) is 77.3 Å². The van der Waals surface area contributed by atoms with E-state index in [0.717, 1.165) is 23.9 Å². The van der Waals surface area contributed by atoms with Crippen molar-refractivity contribution in [2.24, 2.45) is 11.8 Å². The number of nitrogens with one attached hydrogen (secondary N) is 1. The largest absolute Gasteiger partial charge is 0.385 e. The molecule has 9 heteroatoms. The van der Waals surface area contributed by atoms with E-state index in [-0.39, 0.29) is 31.2 Å². The molecule has 2 aliphatic heterocycles. The van der Waals surface area contributed by atoms with E-state index < -0.39 is 0 Å². The first-order valence-electron chi connectivity index (χ1n) is 13.3. The minimum Gasteiger partial charge on any atom is -0.385 e. The summed E-state index contributed by atoms with van der Waals surface area (Å²) in [5.41, 5.74) is 1.81. The van der Waals surface area contributed by atoms with Crippen molar-refractivity contribution in [1.29, 1.82) is 0 Å². The minimum atomic E-state index is -0.142. The van der Waals surface area contributed by atoms with Crippen molar-refractivity contribution in [3.05, 3.63) is 30.1 Å². The highest BCUT2D eigenvalue weighted by molar-refractivity contribution is 5.95. The summed E-state index contributed by atoms with van der Waals surface area (Å²) in [6, 6.07) is 7.87. The van der Waals surface area contributed by atoms with E-state index in [4.69, 9.17) is 14.5 Å². The van der Waals surface area contributed by atoms with Crippen molar-refractivity contribution in [1.82, 2.24) is 24.7 Å². The Hall–Kier alpha value is -2.49. The lowest BCUT2D eigenvalue weighted by Crippen LogP contribution is -2.56. The Kier molecular flexibility index (Phi) is 10.9. The number of nitrogens with zero attached hydrogens (tertiary/aromatic N) is 4. The predicted octanol–water partition coefficient (Wildman–Crippen LogP) is 3.03. The maximum absolute atomic E-state index is 14.1. The first-order chi connectivity index (χ1) is 17.5. The summed E-state index contributed by atoms with van der Waals surface area (Å²) in [6.45, 7) is 10.1. The van der Waals surface area contributed by atoms with Gasteiger partial charge in [-0.15, -0.1) is 0 Å². The van der Waals surface area contributed by atoms with Crippen LogP contribution in [-0.2, 0) is 20.8 Å². The zero-order valence-electron chi connectivity index (χ0n) is 21.9. The van der Waals surface area contributed by atoms with Gasteiger partial charge in [-0.2, -0.15) is 0 Å². The minimum absolute atomic E-state index is 0. The molecule has 2 aliphatic rings. The zero-order valence-corrected chi connectivity index (χ0v) is 21.9. The molecule has 4 rings (SSSR count). The summed E-state index contributed by atoms with van der Waals surface area (Å²) in [6.07, 6.45) is 2.49. The lowest BCUT2D eigenvalue weighted by molar-refractivity contribution is -0.140. The number of aromatic nitrogens is 2. The van der Waals surface area contributed by atoms with Crippen LogP contribution in [0.25, 0.3) is 11.0 Å². The van der Waals surface area contributed by atoms with Crippen molar-refractivity contribution in [2.45, 2.75) is 53.1 Å². The molecule has 1 aromatic heterocycles. The molecule has 2 amide bonds. The van der Waals surface area contributed by atoms with Crippen LogP contribution in [0.1, 0.15) is 51.2 Å². The number of carbonyl (C=O) groups excluding carboxylic acids is 2. The molecule has 0 radical (unpaired) electrons. The van der Waals surface area contributed by atoms with Crippen molar-refractivity contribution in [2.75, 3.05) is 59.7 Å². The van der Waals surface area contributed by atoms with Crippen LogP contribution in [0, 0.1) is 11.8 Å². The molecule has 2 fully saturated rings. The number of imidazole rings is 1. The van der Waals surface area contributed by atoms with Gasteiger partial charge in [0.15, 0.2) is 5.82 Å². The molecule has 0 aliphatic carbocycles. The smallest absolute Gasteiger partial charge is 0.290 e. The quantitative estimate of drug-likeness (QED) is 0.490. The Morgan fingerprint density at radius 1 is 1.19 bits per heavy atom. The van der Waals surface area contributed by atoms with Crippen LogP contribution in [0.3, 0.4) is 0 Å². The lowest BCUT2D eigenvalue weighted by atomic mass is 9.92. The number of benzene rings is 1. The van der Waals surface area contributed by atoms with Crippen molar-refractivity contribution >= 4 is 22.8 Å². The molecule has 0 unspecified atom stereocenters. The number of rotatable bonds is 10. The van der Waals surface area contributed by atoms with Crippen molar-refractivity contribution in [3.63, 3.8) is 0 Å². The van der Waals surface area contributed by atoms with Crippen LogP contribution < -0.4 is 5.32 Å². The molecule has 9 nitrogen and oxygen atoms in total. The van der Waals surface area contributed by atoms with Gasteiger partial charge < -0.3 is 29.2 Å². The summed E-state index contributed by atoms with van der Waals surface area (Å²) in [7, 11) is 1.71. The number of hydrogen-bond donors (Lipinski definition) is 1. The topological polar surface area (TPSA) is 88.9 Å². The third-order valence-corrected chi connectivity index (χ3v) is 7.09. The average molecular weight is 516 g/mol. The first kappa shape index (κ1) is 29.1. The van der Waals surface area contributed by atoms with Crippen molar-refractivity contribution < 1.29 is 19.1 Å². The number of aryl methyl sites for hydroxylation is 1. The fourth-order valence-electron chi connectivity index (χ4n) is 5.29. The number of unbranched alkanes of at least 4 members (excludes halogenated alkanes) is 1. The summed E-state index contributed by atoms with van der Waals surface area (Å²) in [5.74, 6) is 0.743. The standard InChI is InChI=1S/C27H41N5O4.CH4/c1-20(2)19-32(22-16-21(17-28-18-22)26(33)30-11-14-36-15-12-30)27(34)25-29-23-8-4-5-9-24(23)31(25)10-6-7-13-35-3;/h4-5,8-9,20-22,28H,6-7,10-19H2,1-3H3;1H4/t21-,22+;/m1./s1. The van der Waals surface area contributed by atoms with Crippen LogP contribution in [-0.4, -0.2) is 96.9 Å². The van der Waals surface area contributed by atoms with E-state index in [2.05, 4.69) is 23.7 Å². The number of hydrogen-bond acceptors (Lipinski definition) is 6. The van der Waals surface area contributed by atoms with Crippen molar-refractivity contribution in [3.8, 4) is 0 Å². The molecule has 206 valence electrons. The fourth-order valence-corrected chi connectivity index (χ4v) is 5.29. The van der Waals surface area contributed by atoms with Crippen LogP contribution in [0.2, 0.25) is 0 Å². The van der Waals surface area contributed by atoms with Gasteiger partial charge in [0.1, 0.15) is 0 Å². The average Bonchev–Trinajstić information content (AvgIpc) is 3.28. The van der Waals surface area contributed by atoms with Gasteiger partial charge in [-0.05, 0) is 37.3 Å². The number of fused-ring (bicyclic) bond motifs is 1.